The summed E-state index contributed by atoms with van der Waals surface area (Å²) in [5.41, 5.74) is 1.08. The van der Waals surface area contributed by atoms with Crippen LogP contribution in [0.2, 0.25) is 0 Å². The predicted molar refractivity (Wildman–Crippen MR) is 91.7 cm³/mol. The minimum Gasteiger partial charge on any atom is -0.548 e. The Kier molecular flexibility index (Phi) is 5.56. The monoisotopic (exact) mass is 347 g/mol. The van der Waals surface area contributed by atoms with Crippen LogP contribution in [0.3, 0.4) is 0 Å². The number of nitrogens with zero attached hydrogens (tertiary/aromatic N) is 1. The highest BCUT2D eigenvalue weighted by Gasteiger charge is 2.21. The van der Waals surface area contributed by atoms with Crippen LogP contribution in [0, 0.1) is 5.92 Å². The molecule has 0 bridgehead atoms. The van der Waals surface area contributed by atoms with Gasteiger partial charge in [0.2, 0.25) is 0 Å². The average Bonchev–Trinajstić information content (AvgIpc) is 2.89. The van der Waals surface area contributed by atoms with Gasteiger partial charge in [0, 0.05) is 24.6 Å². The number of carbonyl (C=O) groups is 2. The van der Waals surface area contributed by atoms with E-state index >= 15 is 0 Å². The molecule has 7 nitrogen and oxygen atoms in total. The van der Waals surface area contributed by atoms with Crippen LogP contribution in [0.1, 0.15) is 30.8 Å². The smallest absolute Gasteiger partial charge is 0.268 e. The summed E-state index contributed by atoms with van der Waals surface area (Å²) in [6.45, 7) is 3.77. The lowest BCUT2D eigenvalue weighted by molar-refractivity contribution is -0.308. The maximum Gasteiger partial charge on any atom is 0.268 e. The van der Waals surface area contributed by atoms with Crippen molar-refractivity contribution in [3.05, 3.63) is 23.9 Å². The van der Waals surface area contributed by atoms with Crippen molar-refractivity contribution in [2.24, 2.45) is 13.0 Å². The van der Waals surface area contributed by atoms with Gasteiger partial charge in [0.15, 0.2) is 0 Å². The Hall–Kier alpha value is -2.70. The molecule has 2 rings (SSSR count). The molecule has 0 radical (unpaired) electrons. The minimum absolute atomic E-state index is 0.111. The van der Waals surface area contributed by atoms with Crippen LogP contribution in [-0.2, 0) is 11.8 Å². The molecule has 7 heteroatoms. The molecule has 1 aromatic heterocycles. The molecule has 0 aliphatic rings. The lowest BCUT2D eigenvalue weighted by Crippen LogP contribution is -2.48. The number of carbonyl (C=O) groups excluding carboxylic acids is 2. The largest absolute Gasteiger partial charge is 0.548 e. The molecule has 0 fully saturated rings. The van der Waals surface area contributed by atoms with Gasteiger partial charge in [-0.1, -0.05) is 13.8 Å². The van der Waals surface area contributed by atoms with E-state index in [9.17, 15) is 14.7 Å². The van der Waals surface area contributed by atoms with Crippen molar-refractivity contribution in [2.75, 3.05) is 14.2 Å². The average molecular weight is 347 g/mol. The molecular formula is C18H23N2O5-. The Morgan fingerprint density at radius 2 is 1.88 bits per heavy atom. The fourth-order valence-electron chi connectivity index (χ4n) is 2.80. The molecule has 1 aromatic carbocycles. The van der Waals surface area contributed by atoms with E-state index < -0.39 is 17.9 Å². The zero-order valence-electron chi connectivity index (χ0n) is 15.1. The third-order valence-corrected chi connectivity index (χ3v) is 4.08. The maximum absolute atomic E-state index is 12.6. The van der Waals surface area contributed by atoms with Gasteiger partial charge in [-0.3, -0.25) is 4.79 Å². The fourth-order valence-corrected chi connectivity index (χ4v) is 2.80. The highest BCUT2D eigenvalue weighted by Crippen LogP contribution is 2.33. The second kappa shape index (κ2) is 7.46. The number of carboxylic acids is 1. The molecule has 0 aliphatic carbocycles. The van der Waals surface area contributed by atoms with Crippen LogP contribution < -0.4 is 19.9 Å². The third kappa shape index (κ3) is 3.87. The molecule has 0 saturated heterocycles. The summed E-state index contributed by atoms with van der Waals surface area (Å²) < 4.78 is 12.3. The number of hydrogen-bond donors (Lipinski definition) is 1. The molecule has 25 heavy (non-hydrogen) atoms. The fraction of sp³-hybridized carbons (Fsp3) is 0.444. The molecule has 1 heterocycles. The van der Waals surface area contributed by atoms with E-state index in [1.165, 1.54) is 7.11 Å². The van der Waals surface area contributed by atoms with Crippen LogP contribution in [0.15, 0.2) is 18.2 Å². The van der Waals surface area contributed by atoms with Gasteiger partial charge in [-0.15, -0.1) is 0 Å². The van der Waals surface area contributed by atoms with E-state index in [1.807, 2.05) is 13.8 Å². The van der Waals surface area contributed by atoms with Gasteiger partial charge in [0.1, 0.15) is 17.2 Å². The van der Waals surface area contributed by atoms with Crippen molar-refractivity contribution < 1.29 is 24.2 Å². The number of amides is 1. The summed E-state index contributed by atoms with van der Waals surface area (Å²) >= 11 is 0. The number of nitrogens with one attached hydrogen (secondary N) is 1. The SMILES string of the molecule is COc1cc(OC)c2cc(C(=O)N[C@@H](CC(C)C)C(=O)[O-])n(C)c2c1. The van der Waals surface area contributed by atoms with Crippen molar-refractivity contribution in [3.63, 3.8) is 0 Å². The summed E-state index contributed by atoms with van der Waals surface area (Å²) in [5, 5.41) is 14.6. The van der Waals surface area contributed by atoms with Gasteiger partial charge in [-0.25, -0.2) is 0 Å². The number of fused-ring (bicyclic) bond motifs is 1. The van der Waals surface area contributed by atoms with Gasteiger partial charge < -0.3 is 29.3 Å². The molecule has 1 atom stereocenters. The summed E-state index contributed by atoms with van der Waals surface area (Å²) in [7, 11) is 4.82. The van der Waals surface area contributed by atoms with E-state index in [0.717, 1.165) is 10.9 Å². The van der Waals surface area contributed by atoms with Crippen LogP contribution in [0.5, 0.6) is 11.5 Å². The van der Waals surface area contributed by atoms with Crippen molar-refractivity contribution in [2.45, 2.75) is 26.3 Å². The third-order valence-electron chi connectivity index (χ3n) is 4.08. The first-order chi connectivity index (χ1) is 11.8. The normalized spacial score (nSPS) is 12.2. The quantitative estimate of drug-likeness (QED) is 0.809. The topological polar surface area (TPSA) is 92.6 Å². The Labute approximate surface area is 146 Å². The molecule has 136 valence electrons. The molecule has 2 aromatic rings. The highest BCUT2D eigenvalue weighted by atomic mass is 16.5. The van der Waals surface area contributed by atoms with E-state index in [0.29, 0.717) is 23.6 Å². The van der Waals surface area contributed by atoms with Crippen LogP contribution >= 0.6 is 0 Å². The number of methoxy groups -OCH3 is 2. The first-order valence-corrected chi connectivity index (χ1v) is 8.01. The molecular weight excluding hydrogens is 324 g/mol. The molecule has 0 unspecified atom stereocenters. The molecule has 0 aliphatic heterocycles. The molecule has 0 saturated carbocycles. The molecule has 0 spiro atoms. The van der Waals surface area contributed by atoms with Crippen molar-refractivity contribution in [1.82, 2.24) is 9.88 Å². The second-order valence-corrected chi connectivity index (χ2v) is 6.33. The standard InChI is InChI=1S/C18H24N2O5/c1-10(2)6-13(18(22)23)19-17(21)15-9-12-14(20(15)3)7-11(24-4)8-16(12)25-5/h7-10,13H,6H2,1-5H3,(H,19,21)(H,22,23)/p-1/t13-/m0/s1. The zero-order valence-corrected chi connectivity index (χ0v) is 15.1. The Morgan fingerprint density at radius 3 is 2.40 bits per heavy atom. The number of aryl methyl sites for hydroxylation is 1. The van der Waals surface area contributed by atoms with E-state index in [-0.39, 0.29) is 5.92 Å². The second-order valence-electron chi connectivity index (χ2n) is 6.33. The van der Waals surface area contributed by atoms with Gasteiger partial charge in [0.25, 0.3) is 5.91 Å². The van der Waals surface area contributed by atoms with Crippen molar-refractivity contribution in [3.8, 4) is 11.5 Å². The maximum atomic E-state index is 12.6. The van der Waals surface area contributed by atoms with Gasteiger partial charge >= 0.3 is 0 Å². The van der Waals surface area contributed by atoms with Crippen LogP contribution in [-0.4, -0.2) is 36.7 Å². The summed E-state index contributed by atoms with van der Waals surface area (Å²) in [6, 6.07) is 4.15. The van der Waals surface area contributed by atoms with E-state index in [4.69, 9.17) is 9.47 Å². The molecule has 1 N–H and O–H groups in total. The minimum atomic E-state index is -1.29. The van der Waals surface area contributed by atoms with Gasteiger partial charge in [-0.2, -0.15) is 0 Å². The zero-order chi connectivity index (χ0) is 18.7. The number of ether oxygens (including phenoxy) is 2. The highest BCUT2D eigenvalue weighted by molar-refractivity contribution is 6.01. The summed E-state index contributed by atoms with van der Waals surface area (Å²) in [5.74, 6) is -0.484. The van der Waals surface area contributed by atoms with Gasteiger partial charge in [-0.05, 0) is 18.4 Å². The van der Waals surface area contributed by atoms with Crippen molar-refractivity contribution in [1.29, 1.82) is 0 Å². The lowest BCUT2D eigenvalue weighted by atomic mass is 10.0. The van der Waals surface area contributed by atoms with Gasteiger partial charge in [0.05, 0.1) is 31.7 Å². The first-order valence-electron chi connectivity index (χ1n) is 8.01. The lowest BCUT2D eigenvalue weighted by Gasteiger charge is -2.21. The molecule has 1 amide bonds. The van der Waals surface area contributed by atoms with E-state index in [2.05, 4.69) is 5.32 Å². The van der Waals surface area contributed by atoms with E-state index in [1.54, 1.807) is 36.9 Å². The Balaban J connectivity index is 2.41. The number of benzene rings is 1. The summed E-state index contributed by atoms with van der Waals surface area (Å²) in [4.78, 5) is 23.9. The number of aromatic nitrogens is 1. The first kappa shape index (κ1) is 18.6. The number of hydrogen-bond acceptors (Lipinski definition) is 5. The predicted octanol–water partition coefficient (Wildman–Crippen LogP) is 1.09. The number of rotatable bonds is 7. The van der Waals surface area contributed by atoms with Crippen molar-refractivity contribution >= 4 is 22.8 Å². The Morgan fingerprint density at radius 1 is 1.20 bits per heavy atom. The van der Waals surface area contributed by atoms with Crippen LogP contribution in [0.25, 0.3) is 10.9 Å². The van der Waals surface area contributed by atoms with Crippen LogP contribution in [0.4, 0.5) is 0 Å². The Bertz CT molecular complexity index is 794. The number of carboxylic acid groups (broad SMARTS) is 1. The summed E-state index contributed by atoms with van der Waals surface area (Å²) in [6.07, 6.45) is 0.301. The number of aliphatic carboxylic acids is 1.